The Hall–Kier alpha value is -2.66. The number of hydrogen-bond acceptors (Lipinski definition) is 2. The van der Waals surface area contributed by atoms with Crippen molar-refractivity contribution in [3.63, 3.8) is 0 Å². The van der Waals surface area contributed by atoms with E-state index in [0.717, 1.165) is 23.0 Å². The van der Waals surface area contributed by atoms with Gasteiger partial charge in [-0.1, -0.05) is 36.4 Å². The second kappa shape index (κ2) is 7.30. The molecule has 0 unspecified atom stereocenters. The first-order valence-electron chi connectivity index (χ1n) is 9.03. The van der Waals surface area contributed by atoms with Crippen LogP contribution in [0.4, 0.5) is 4.39 Å². The lowest BCUT2D eigenvalue weighted by molar-refractivity contribution is -0.135. The normalized spacial score (nSPS) is 17.8. The van der Waals surface area contributed by atoms with Crippen LogP contribution in [0, 0.1) is 5.82 Å². The van der Waals surface area contributed by atoms with E-state index in [4.69, 9.17) is 0 Å². The molecule has 0 spiro atoms. The van der Waals surface area contributed by atoms with Gasteiger partial charge in [0.15, 0.2) is 0 Å². The number of rotatable bonds is 5. The van der Waals surface area contributed by atoms with Gasteiger partial charge in [0.1, 0.15) is 5.82 Å². The number of nitrogens with zero attached hydrogens (tertiary/aromatic N) is 1. The summed E-state index contributed by atoms with van der Waals surface area (Å²) in [6.07, 6.45) is 3.18. The van der Waals surface area contributed by atoms with Crippen molar-refractivity contribution in [3.05, 3.63) is 71.7 Å². The van der Waals surface area contributed by atoms with Crippen molar-refractivity contribution < 1.29 is 9.18 Å². The number of benzene rings is 2. The highest BCUT2D eigenvalue weighted by Gasteiger charge is 2.28. The molecule has 1 aliphatic heterocycles. The number of H-pyrrole nitrogens is 1. The van der Waals surface area contributed by atoms with E-state index in [2.05, 4.69) is 16.4 Å². The Bertz CT molecular complexity index is 920. The van der Waals surface area contributed by atoms with E-state index in [-0.39, 0.29) is 17.8 Å². The summed E-state index contributed by atoms with van der Waals surface area (Å²) >= 11 is 0. The molecule has 134 valence electrons. The van der Waals surface area contributed by atoms with Gasteiger partial charge in [0.2, 0.25) is 5.91 Å². The third-order valence-electron chi connectivity index (χ3n) is 5.09. The van der Waals surface area contributed by atoms with Crippen molar-refractivity contribution in [1.29, 1.82) is 0 Å². The Labute approximate surface area is 152 Å². The smallest absolute Gasteiger partial charge is 0.240 e. The average molecular weight is 351 g/mol. The molecule has 5 heteroatoms. The number of halogens is 1. The van der Waals surface area contributed by atoms with Crippen LogP contribution in [-0.4, -0.2) is 41.5 Å². The van der Waals surface area contributed by atoms with Crippen molar-refractivity contribution in [3.8, 4) is 0 Å². The molecule has 1 fully saturated rings. The molecule has 0 radical (unpaired) electrons. The number of fused-ring (bicyclic) bond motifs is 1. The van der Waals surface area contributed by atoms with Crippen molar-refractivity contribution in [2.75, 3.05) is 19.6 Å². The zero-order valence-electron chi connectivity index (χ0n) is 14.5. The largest absolute Gasteiger partial charge is 0.361 e. The Morgan fingerprint density at radius 3 is 2.77 bits per heavy atom. The highest BCUT2D eigenvalue weighted by molar-refractivity contribution is 5.86. The molecule has 2 aromatic carbocycles. The third-order valence-corrected chi connectivity index (χ3v) is 5.09. The van der Waals surface area contributed by atoms with Gasteiger partial charge in [0, 0.05) is 36.7 Å². The Balaban J connectivity index is 1.43. The number of piperazine rings is 1. The zero-order valence-corrected chi connectivity index (χ0v) is 14.5. The van der Waals surface area contributed by atoms with Crippen LogP contribution in [0.3, 0.4) is 0 Å². The summed E-state index contributed by atoms with van der Waals surface area (Å²) in [6.45, 7) is 1.97. The molecule has 2 heterocycles. The van der Waals surface area contributed by atoms with E-state index < -0.39 is 0 Å². The maximum atomic E-state index is 13.8. The number of carbonyl (C=O) groups excluding carboxylic acids is 1. The molecule has 26 heavy (non-hydrogen) atoms. The summed E-state index contributed by atoms with van der Waals surface area (Å²) in [5, 5.41) is 4.49. The molecule has 1 amide bonds. The van der Waals surface area contributed by atoms with E-state index in [0.29, 0.717) is 31.5 Å². The molecule has 0 bridgehead atoms. The van der Waals surface area contributed by atoms with E-state index >= 15 is 0 Å². The minimum absolute atomic E-state index is 0.0953. The van der Waals surface area contributed by atoms with E-state index in [1.165, 1.54) is 6.07 Å². The van der Waals surface area contributed by atoms with E-state index in [1.807, 2.05) is 35.4 Å². The van der Waals surface area contributed by atoms with Crippen LogP contribution in [0.15, 0.2) is 54.7 Å². The number of para-hydroxylation sites is 1. The molecule has 2 N–H and O–H groups in total. The van der Waals surface area contributed by atoms with Gasteiger partial charge in [-0.2, -0.15) is 0 Å². The van der Waals surface area contributed by atoms with Crippen molar-refractivity contribution in [2.24, 2.45) is 0 Å². The Morgan fingerprint density at radius 1 is 1.08 bits per heavy atom. The molecular formula is C21H22FN3O. The second-order valence-electron chi connectivity index (χ2n) is 6.74. The van der Waals surface area contributed by atoms with Gasteiger partial charge < -0.3 is 15.2 Å². The highest BCUT2D eigenvalue weighted by atomic mass is 19.1. The molecule has 0 aliphatic carbocycles. The molecule has 1 saturated heterocycles. The minimum atomic E-state index is -0.233. The van der Waals surface area contributed by atoms with Gasteiger partial charge >= 0.3 is 0 Å². The van der Waals surface area contributed by atoms with Gasteiger partial charge in [0.25, 0.3) is 0 Å². The number of amides is 1. The number of hydrogen-bond donors (Lipinski definition) is 2. The predicted molar refractivity (Wildman–Crippen MR) is 100 cm³/mol. The summed E-state index contributed by atoms with van der Waals surface area (Å²) in [7, 11) is 0. The molecule has 0 saturated carbocycles. The van der Waals surface area contributed by atoms with Crippen LogP contribution < -0.4 is 5.32 Å². The van der Waals surface area contributed by atoms with Gasteiger partial charge in [-0.15, -0.1) is 0 Å². The fourth-order valence-corrected chi connectivity index (χ4v) is 3.65. The third kappa shape index (κ3) is 3.35. The van der Waals surface area contributed by atoms with Crippen molar-refractivity contribution >= 4 is 16.8 Å². The Kier molecular flexibility index (Phi) is 4.71. The first-order chi connectivity index (χ1) is 12.7. The summed E-state index contributed by atoms with van der Waals surface area (Å²) in [6, 6.07) is 14.7. The first-order valence-corrected chi connectivity index (χ1v) is 9.03. The molecule has 1 aliphatic rings. The van der Waals surface area contributed by atoms with Crippen LogP contribution in [0.2, 0.25) is 0 Å². The number of carbonyl (C=O) groups is 1. The van der Waals surface area contributed by atoms with Crippen LogP contribution in [0.25, 0.3) is 10.9 Å². The zero-order chi connectivity index (χ0) is 17.9. The van der Waals surface area contributed by atoms with Gasteiger partial charge in [-0.05, 0) is 36.1 Å². The highest BCUT2D eigenvalue weighted by Crippen LogP contribution is 2.20. The van der Waals surface area contributed by atoms with Crippen LogP contribution in [0.5, 0.6) is 0 Å². The topological polar surface area (TPSA) is 48.1 Å². The molecule has 1 aromatic heterocycles. The monoisotopic (exact) mass is 351 g/mol. The molecule has 1 atom stereocenters. The van der Waals surface area contributed by atoms with Crippen LogP contribution in [0.1, 0.15) is 11.1 Å². The predicted octanol–water partition coefficient (Wildman–Crippen LogP) is 2.89. The fraction of sp³-hybridized carbons (Fsp3) is 0.286. The molecule has 3 aromatic rings. The lowest BCUT2D eigenvalue weighted by Gasteiger charge is -2.33. The average Bonchev–Trinajstić information content (AvgIpc) is 3.07. The van der Waals surface area contributed by atoms with Gasteiger partial charge in [0.05, 0.1) is 6.04 Å². The molecule has 4 nitrogen and oxygen atoms in total. The molecular weight excluding hydrogens is 329 g/mol. The van der Waals surface area contributed by atoms with Crippen molar-refractivity contribution in [2.45, 2.75) is 18.9 Å². The van der Waals surface area contributed by atoms with Gasteiger partial charge in [-0.3, -0.25) is 4.79 Å². The molecule has 4 rings (SSSR count). The minimum Gasteiger partial charge on any atom is -0.361 e. The number of aromatic amines is 1. The number of nitrogens with one attached hydrogen (secondary N) is 2. The summed E-state index contributed by atoms with van der Waals surface area (Å²) in [5.41, 5.74) is 2.89. The Morgan fingerprint density at radius 2 is 1.88 bits per heavy atom. The van der Waals surface area contributed by atoms with Gasteiger partial charge in [-0.25, -0.2) is 4.39 Å². The maximum absolute atomic E-state index is 13.8. The SMILES string of the molecule is O=C1[C@H](Cc2c[nH]c3ccccc23)NCCN1CCc1ccccc1F. The standard InChI is InChI=1S/C21H22FN3O/c22-18-7-3-1-5-15(18)9-11-25-12-10-23-20(21(25)26)13-16-14-24-19-8-4-2-6-17(16)19/h1-8,14,20,23-24H,9-13H2/t20-/m0/s1. The maximum Gasteiger partial charge on any atom is 0.240 e. The summed E-state index contributed by atoms with van der Waals surface area (Å²) in [4.78, 5) is 18.0. The first kappa shape index (κ1) is 16.8. The lowest BCUT2D eigenvalue weighted by Crippen LogP contribution is -2.56. The lowest BCUT2D eigenvalue weighted by atomic mass is 10.0. The quantitative estimate of drug-likeness (QED) is 0.743. The van der Waals surface area contributed by atoms with Crippen LogP contribution in [-0.2, 0) is 17.6 Å². The van der Waals surface area contributed by atoms with E-state index in [1.54, 1.807) is 12.1 Å². The number of aromatic nitrogens is 1. The van der Waals surface area contributed by atoms with Crippen LogP contribution >= 0.6 is 0 Å². The fourth-order valence-electron chi connectivity index (χ4n) is 3.65. The summed E-state index contributed by atoms with van der Waals surface area (Å²) in [5.74, 6) is -0.108. The van der Waals surface area contributed by atoms with E-state index in [9.17, 15) is 9.18 Å². The summed E-state index contributed by atoms with van der Waals surface area (Å²) < 4.78 is 13.8. The second-order valence-corrected chi connectivity index (χ2v) is 6.74. The van der Waals surface area contributed by atoms with Crippen molar-refractivity contribution in [1.82, 2.24) is 15.2 Å².